The quantitative estimate of drug-likeness (QED) is 0.784. The molecule has 2 N–H and O–H groups in total. The van der Waals surface area contributed by atoms with Gasteiger partial charge >= 0.3 is 5.97 Å². The van der Waals surface area contributed by atoms with Crippen LogP contribution in [0, 0.1) is 5.82 Å². The first-order valence-corrected chi connectivity index (χ1v) is 6.78. The number of rotatable bonds is 6. The van der Waals surface area contributed by atoms with Gasteiger partial charge in [0.1, 0.15) is 11.9 Å². The van der Waals surface area contributed by atoms with Crippen molar-refractivity contribution >= 4 is 27.8 Å². The van der Waals surface area contributed by atoms with Crippen molar-refractivity contribution in [3.05, 3.63) is 35.6 Å². The second kappa shape index (κ2) is 7.23. The third-order valence-electron chi connectivity index (χ3n) is 2.66. The minimum Gasteiger partial charge on any atom is -0.480 e. The van der Waals surface area contributed by atoms with Crippen molar-refractivity contribution in [3.63, 3.8) is 0 Å². The predicted octanol–water partition coefficient (Wildman–Crippen LogP) is 2.11. The van der Waals surface area contributed by atoms with Gasteiger partial charge in [0, 0.05) is 0 Å². The van der Waals surface area contributed by atoms with Gasteiger partial charge in [-0.1, -0.05) is 41.1 Å². The summed E-state index contributed by atoms with van der Waals surface area (Å²) in [6.07, 6.45) is 0.453. The molecule has 0 spiro atoms. The van der Waals surface area contributed by atoms with Gasteiger partial charge in [0.2, 0.25) is 5.91 Å². The number of aliphatic carboxylic acids is 1. The van der Waals surface area contributed by atoms with Crippen molar-refractivity contribution in [2.45, 2.75) is 30.6 Å². The lowest BCUT2D eigenvalue weighted by molar-refractivity contribution is -0.141. The zero-order valence-corrected chi connectivity index (χ0v) is 12.0. The lowest BCUT2D eigenvalue weighted by atomic mass is 10.1. The fraction of sp³-hybridized carbons (Fsp3) is 0.385. The highest BCUT2D eigenvalue weighted by Crippen LogP contribution is 2.14. The van der Waals surface area contributed by atoms with Crippen LogP contribution in [0.2, 0.25) is 0 Å². The average molecular weight is 332 g/mol. The number of amides is 1. The SMILES string of the molecule is CCC(NC(=O)C(Br)Cc1ccccc1F)C(=O)O. The van der Waals surface area contributed by atoms with Crippen molar-refractivity contribution in [2.24, 2.45) is 0 Å². The second-order valence-corrected chi connectivity index (χ2v) is 5.18. The van der Waals surface area contributed by atoms with E-state index in [9.17, 15) is 14.0 Å². The molecule has 1 amide bonds. The number of alkyl halides is 1. The molecule has 0 bridgehead atoms. The van der Waals surface area contributed by atoms with E-state index in [1.807, 2.05) is 0 Å². The van der Waals surface area contributed by atoms with E-state index in [0.29, 0.717) is 12.0 Å². The Balaban J connectivity index is 2.63. The summed E-state index contributed by atoms with van der Waals surface area (Å²) in [5, 5.41) is 11.2. The summed E-state index contributed by atoms with van der Waals surface area (Å²) in [5.74, 6) is -1.93. The number of hydrogen-bond acceptors (Lipinski definition) is 2. The highest BCUT2D eigenvalue weighted by atomic mass is 79.9. The maximum atomic E-state index is 13.4. The van der Waals surface area contributed by atoms with Gasteiger partial charge in [-0.15, -0.1) is 0 Å². The van der Waals surface area contributed by atoms with Crippen molar-refractivity contribution in [2.75, 3.05) is 0 Å². The number of benzene rings is 1. The van der Waals surface area contributed by atoms with E-state index in [-0.39, 0.29) is 12.2 Å². The molecule has 0 aliphatic carbocycles. The van der Waals surface area contributed by atoms with E-state index in [1.54, 1.807) is 25.1 Å². The summed E-state index contributed by atoms with van der Waals surface area (Å²) in [5.41, 5.74) is 0.405. The highest BCUT2D eigenvalue weighted by Gasteiger charge is 2.23. The van der Waals surface area contributed by atoms with Gasteiger partial charge in [0.15, 0.2) is 0 Å². The fourth-order valence-electron chi connectivity index (χ4n) is 1.55. The number of carboxylic acids is 1. The smallest absolute Gasteiger partial charge is 0.326 e. The second-order valence-electron chi connectivity index (χ2n) is 4.07. The molecule has 0 heterocycles. The fourth-order valence-corrected chi connectivity index (χ4v) is 2.03. The third kappa shape index (κ3) is 4.63. The maximum Gasteiger partial charge on any atom is 0.326 e. The van der Waals surface area contributed by atoms with Gasteiger partial charge in [0.25, 0.3) is 0 Å². The third-order valence-corrected chi connectivity index (χ3v) is 3.40. The van der Waals surface area contributed by atoms with E-state index in [2.05, 4.69) is 21.2 Å². The maximum absolute atomic E-state index is 13.4. The number of halogens is 2. The number of hydrogen-bond donors (Lipinski definition) is 2. The van der Waals surface area contributed by atoms with Crippen LogP contribution in [-0.2, 0) is 16.0 Å². The molecule has 0 aliphatic heterocycles. The van der Waals surface area contributed by atoms with Crippen LogP contribution in [0.5, 0.6) is 0 Å². The molecule has 0 saturated carbocycles. The zero-order chi connectivity index (χ0) is 14.4. The summed E-state index contributed by atoms with van der Waals surface area (Å²) in [6, 6.07) is 5.24. The molecular weight excluding hydrogens is 317 g/mol. The first kappa shape index (κ1) is 15.6. The molecule has 0 saturated heterocycles. The lowest BCUT2D eigenvalue weighted by Crippen LogP contribution is -2.44. The summed E-state index contributed by atoms with van der Waals surface area (Å²) >= 11 is 3.15. The summed E-state index contributed by atoms with van der Waals surface area (Å²) in [4.78, 5) is 21.9. The van der Waals surface area contributed by atoms with Gasteiger partial charge in [-0.05, 0) is 24.5 Å². The Bertz CT molecular complexity index is 467. The Hall–Kier alpha value is -1.43. The standard InChI is InChI=1S/C13H15BrFNO3/c1-2-11(13(18)19)16-12(17)9(14)7-8-5-3-4-6-10(8)15/h3-6,9,11H,2,7H2,1H3,(H,16,17)(H,18,19). The van der Waals surface area contributed by atoms with E-state index >= 15 is 0 Å². The van der Waals surface area contributed by atoms with Gasteiger partial charge in [-0.2, -0.15) is 0 Å². The number of carbonyl (C=O) groups excluding carboxylic acids is 1. The van der Waals surface area contributed by atoms with Crippen molar-refractivity contribution in [1.29, 1.82) is 0 Å². The van der Waals surface area contributed by atoms with Crippen molar-refractivity contribution < 1.29 is 19.1 Å². The molecule has 19 heavy (non-hydrogen) atoms. The van der Waals surface area contributed by atoms with Crippen LogP contribution in [0.25, 0.3) is 0 Å². The average Bonchev–Trinajstić information content (AvgIpc) is 2.37. The topological polar surface area (TPSA) is 66.4 Å². The highest BCUT2D eigenvalue weighted by molar-refractivity contribution is 9.10. The normalized spacial score (nSPS) is 13.6. The molecule has 0 fully saturated rings. The van der Waals surface area contributed by atoms with Gasteiger partial charge < -0.3 is 10.4 Å². The molecule has 0 aliphatic rings. The predicted molar refractivity (Wildman–Crippen MR) is 72.7 cm³/mol. The van der Waals surface area contributed by atoms with Crippen LogP contribution in [0.15, 0.2) is 24.3 Å². The van der Waals surface area contributed by atoms with E-state index in [1.165, 1.54) is 6.07 Å². The van der Waals surface area contributed by atoms with Crippen LogP contribution < -0.4 is 5.32 Å². The van der Waals surface area contributed by atoms with Crippen LogP contribution in [0.1, 0.15) is 18.9 Å². The molecule has 6 heteroatoms. The Morgan fingerprint density at radius 3 is 2.58 bits per heavy atom. The Labute approximate surface area is 119 Å². The number of carboxylic acid groups (broad SMARTS) is 1. The first-order valence-electron chi connectivity index (χ1n) is 5.86. The zero-order valence-electron chi connectivity index (χ0n) is 10.4. The Kier molecular flexibility index (Phi) is 5.95. The number of nitrogens with one attached hydrogen (secondary N) is 1. The molecule has 1 aromatic rings. The molecule has 1 rings (SSSR count). The van der Waals surface area contributed by atoms with E-state index in [4.69, 9.17) is 5.11 Å². The minimum absolute atomic E-state index is 0.161. The van der Waals surface area contributed by atoms with Crippen LogP contribution >= 0.6 is 15.9 Å². The molecule has 0 radical (unpaired) electrons. The molecular formula is C13H15BrFNO3. The van der Waals surface area contributed by atoms with Crippen molar-refractivity contribution in [3.8, 4) is 0 Å². The molecule has 104 valence electrons. The van der Waals surface area contributed by atoms with Crippen LogP contribution in [-0.4, -0.2) is 27.9 Å². The van der Waals surface area contributed by atoms with E-state index < -0.39 is 22.7 Å². The Morgan fingerprint density at radius 1 is 1.42 bits per heavy atom. The van der Waals surface area contributed by atoms with Gasteiger partial charge in [-0.3, -0.25) is 4.79 Å². The largest absolute Gasteiger partial charge is 0.480 e. The van der Waals surface area contributed by atoms with Crippen molar-refractivity contribution in [1.82, 2.24) is 5.32 Å². The summed E-state index contributed by atoms with van der Waals surface area (Å²) in [6.45, 7) is 1.67. The van der Waals surface area contributed by atoms with E-state index in [0.717, 1.165) is 0 Å². The molecule has 4 nitrogen and oxygen atoms in total. The summed E-state index contributed by atoms with van der Waals surface area (Å²) in [7, 11) is 0. The molecule has 0 aromatic heterocycles. The Morgan fingerprint density at radius 2 is 2.05 bits per heavy atom. The molecule has 2 unspecified atom stereocenters. The molecule has 1 aromatic carbocycles. The minimum atomic E-state index is -1.08. The number of carbonyl (C=O) groups is 2. The lowest BCUT2D eigenvalue weighted by Gasteiger charge is -2.15. The van der Waals surface area contributed by atoms with Crippen LogP contribution in [0.4, 0.5) is 4.39 Å². The molecule has 2 atom stereocenters. The first-order chi connectivity index (χ1) is 8.95. The van der Waals surface area contributed by atoms with Gasteiger partial charge in [0.05, 0.1) is 4.83 Å². The van der Waals surface area contributed by atoms with Crippen LogP contribution in [0.3, 0.4) is 0 Å². The van der Waals surface area contributed by atoms with Gasteiger partial charge in [-0.25, -0.2) is 9.18 Å². The summed E-state index contributed by atoms with van der Waals surface area (Å²) < 4.78 is 13.4. The monoisotopic (exact) mass is 331 g/mol.